The molecule has 22 heavy (non-hydrogen) atoms. The first kappa shape index (κ1) is 16.3. The highest BCUT2D eigenvalue weighted by Crippen LogP contribution is 2.23. The number of carbonyl (C=O) groups is 1. The highest BCUT2D eigenvalue weighted by molar-refractivity contribution is 5.87. The maximum atomic E-state index is 12.2. The second-order valence-electron chi connectivity index (χ2n) is 6.60. The molecule has 0 aliphatic heterocycles. The van der Waals surface area contributed by atoms with Crippen molar-refractivity contribution in [1.29, 1.82) is 0 Å². The van der Waals surface area contributed by atoms with Crippen molar-refractivity contribution in [2.24, 2.45) is 0 Å². The first-order chi connectivity index (χ1) is 10.3. The van der Waals surface area contributed by atoms with Crippen molar-refractivity contribution < 1.29 is 9.53 Å². The molecule has 0 radical (unpaired) electrons. The molecule has 0 spiro atoms. The Morgan fingerprint density at radius 2 is 2.09 bits per heavy atom. The fraction of sp³-hybridized carbons (Fsp3) is 0.562. The number of nitrogens with zero attached hydrogens (tertiary/aromatic N) is 4. The van der Waals surface area contributed by atoms with E-state index < -0.39 is 5.97 Å². The van der Waals surface area contributed by atoms with Crippen LogP contribution in [-0.4, -0.2) is 32.1 Å². The van der Waals surface area contributed by atoms with Crippen molar-refractivity contribution in [3.63, 3.8) is 0 Å². The fourth-order valence-corrected chi connectivity index (χ4v) is 2.18. The highest BCUT2D eigenvalue weighted by Gasteiger charge is 2.24. The predicted molar refractivity (Wildman–Crippen MR) is 83.8 cm³/mol. The van der Waals surface area contributed by atoms with Crippen molar-refractivity contribution in [2.75, 3.05) is 6.61 Å². The molecule has 0 atom stereocenters. The van der Waals surface area contributed by atoms with E-state index in [4.69, 9.17) is 4.74 Å². The quantitative estimate of drug-likeness (QED) is 0.797. The zero-order valence-corrected chi connectivity index (χ0v) is 13.9. The standard InChI is InChI=1S/C16H24N4O2/c1-12(2)14-11-13(18-20(14)16(3,4)5)15(21)22-10-9-19-8-6-7-17-19/h6-8,11-12H,9-10H2,1-5H3. The van der Waals surface area contributed by atoms with E-state index >= 15 is 0 Å². The van der Waals surface area contributed by atoms with E-state index in [0.29, 0.717) is 12.2 Å². The molecule has 2 rings (SSSR count). The summed E-state index contributed by atoms with van der Waals surface area (Å²) in [6.45, 7) is 11.2. The van der Waals surface area contributed by atoms with Crippen LogP contribution in [0.15, 0.2) is 24.5 Å². The Balaban J connectivity index is 2.06. The number of ether oxygens (including phenoxy) is 1. The number of rotatable bonds is 5. The Kier molecular flexibility index (Phi) is 4.68. The lowest BCUT2D eigenvalue weighted by molar-refractivity contribution is 0.0479. The zero-order chi connectivity index (χ0) is 16.3. The summed E-state index contributed by atoms with van der Waals surface area (Å²) in [6.07, 6.45) is 3.53. The molecule has 0 N–H and O–H groups in total. The molecule has 2 aromatic rings. The second kappa shape index (κ2) is 6.34. The van der Waals surface area contributed by atoms with Crippen molar-refractivity contribution >= 4 is 5.97 Å². The molecule has 0 amide bonds. The van der Waals surface area contributed by atoms with Gasteiger partial charge in [0.05, 0.1) is 12.1 Å². The van der Waals surface area contributed by atoms with E-state index in [1.54, 1.807) is 10.9 Å². The Bertz CT molecular complexity index is 621. The van der Waals surface area contributed by atoms with Gasteiger partial charge in [0.1, 0.15) is 6.61 Å². The molecule has 2 heterocycles. The third-order valence-electron chi connectivity index (χ3n) is 3.29. The van der Waals surface area contributed by atoms with Gasteiger partial charge in [-0.15, -0.1) is 0 Å². The van der Waals surface area contributed by atoms with Gasteiger partial charge in [0.15, 0.2) is 5.69 Å². The molecule has 0 unspecified atom stereocenters. The van der Waals surface area contributed by atoms with Crippen LogP contribution in [0.3, 0.4) is 0 Å². The molecule has 0 aliphatic rings. The minimum Gasteiger partial charge on any atom is -0.459 e. The lowest BCUT2D eigenvalue weighted by Crippen LogP contribution is -2.26. The zero-order valence-electron chi connectivity index (χ0n) is 13.9. The topological polar surface area (TPSA) is 61.9 Å². The lowest BCUT2D eigenvalue weighted by Gasteiger charge is -2.23. The molecular weight excluding hydrogens is 280 g/mol. The maximum Gasteiger partial charge on any atom is 0.358 e. The summed E-state index contributed by atoms with van der Waals surface area (Å²) in [5, 5.41) is 8.50. The van der Waals surface area contributed by atoms with E-state index in [-0.39, 0.29) is 18.1 Å². The summed E-state index contributed by atoms with van der Waals surface area (Å²) >= 11 is 0. The van der Waals surface area contributed by atoms with Gasteiger partial charge in [0, 0.05) is 18.1 Å². The third-order valence-corrected chi connectivity index (χ3v) is 3.29. The smallest absolute Gasteiger partial charge is 0.358 e. The molecule has 0 aromatic carbocycles. The summed E-state index contributed by atoms with van der Waals surface area (Å²) < 4.78 is 8.91. The van der Waals surface area contributed by atoms with Gasteiger partial charge in [-0.05, 0) is 38.8 Å². The van der Waals surface area contributed by atoms with Gasteiger partial charge in [0.2, 0.25) is 0 Å². The number of carbonyl (C=O) groups excluding carboxylic acids is 1. The second-order valence-corrected chi connectivity index (χ2v) is 6.60. The number of hydrogen-bond acceptors (Lipinski definition) is 4. The van der Waals surface area contributed by atoms with Crippen LogP contribution >= 0.6 is 0 Å². The molecule has 6 nitrogen and oxygen atoms in total. The van der Waals surface area contributed by atoms with Crippen LogP contribution in [0.5, 0.6) is 0 Å². The molecule has 2 aromatic heterocycles. The number of esters is 1. The van der Waals surface area contributed by atoms with E-state index in [2.05, 4.69) is 44.8 Å². The Hall–Kier alpha value is -2.11. The largest absolute Gasteiger partial charge is 0.459 e. The molecule has 0 bridgehead atoms. The average molecular weight is 304 g/mol. The average Bonchev–Trinajstić information content (AvgIpc) is 3.06. The van der Waals surface area contributed by atoms with Crippen LogP contribution < -0.4 is 0 Å². The molecule has 0 saturated heterocycles. The van der Waals surface area contributed by atoms with E-state index in [1.807, 2.05) is 23.0 Å². The molecule has 6 heteroatoms. The summed E-state index contributed by atoms with van der Waals surface area (Å²) in [7, 11) is 0. The third kappa shape index (κ3) is 3.75. The summed E-state index contributed by atoms with van der Waals surface area (Å²) in [6, 6.07) is 3.66. The number of aromatic nitrogens is 4. The minimum absolute atomic E-state index is 0.173. The van der Waals surface area contributed by atoms with Crippen molar-refractivity contribution in [1.82, 2.24) is 19.6 Å². The van der Waals surface area contributed by atoms with E-state index in [1.165, 1.54) is 0 Å². The van der Waals surface area contributed by atoms with E-state index in [0.717, 1.165) is 5.69 Å². The molecule has 0 saturated carbocycles. The summed E-state index contributed by atoms with van der Waals surface area (Å²) in [5.41, 5.74) is 1.22. The van der Waals surface area contributed by atoms with Crippen molar-refractivity contribution in [3.05, 3.63) is 35.9 Å². The van der Waals surface area contributed by atoms with Crippen LogP contribution in [0.2, 0.25) is 0 Å². The molecule has 0 aliphatic carbocycles. The predicted octanol–water partition coefficient (Wildman–Crippen LogP) is 2.82. The Morgan fingerprint density at radius 1 is 1.36 bits per heavy atom. The SMILES string of the molecule is CC(C)c1cc(C(=O)OCCn2cccn2)nn1C(C)(C)C. The lowest BCUT2D eigenvalue weighted by atomic mass is 10.1. The van der Waals surface area contributed by atoms with Crippen LogP contribution in [-0.2, 0) is 16.8 Å². The van der Waals surface area contributed by atoms with Gasteiger partial charge < -0.3 is 4.74 Å². The van der Waals surface area contributed by atoms with Gasteiger partial charge >= 0.3 is 5.97 Å². The first-order valence-electron chi connectivity index (χ1n) is 7.54. The normalized spacial score (nSPS) is 11.9. The Morgan fingerprint density at radius 3 is 2.59 bits per heavy atom. The van der Waals surface area contributed by atoms with Crippen LogP contribution in [0.25, 0.3) is 0 Å². The van der Waals surface area contributed by atoms with Gasteiger partial charge in [-0.3, -0.25) is 9.36 Å². The molecular formula is C16H24N4O2. The first-order valence-corrected chi connectivity index (χ1v) is 7.54. The Labute approximate surface area is 131 Å². The molecule has 120 valence electrons. The fourth-order valence-electron chi connectivity index (χ4n) is 2.18. The summed E-state index contributed by atoms with van der Waals surface area (Å²) in [5.74, 6) is -0.102. The summed E-state index contributed by atoms with van der Waals surface area (Å²) in [4.78, 5) is 12.2. The van der Waals surface area contributed by atoms with Gasteiger partial charge in [0.25, 0.3) is 0 Å². The minimum atomic E-state index is -0.392. The molecule has 0 fully saturated rings. The number of hydrogen-bond donors (Lipinski definition) is 0. The van der Waals surface area contributed by atoms with Crippen molar-refractivity contribution in [2.45, 2.75) is 52.6 Å². The maximum absolute atomic E-state index is 12.2. The van der Waals surface area contributed by atoms with E-state index in [9.17, 15) is 4.79 Å². The van der Waals surface area contributed by atoms with Crippen LogP contribution in [0.4, 0.5) is 0 Å². The van der Waals surface area contributed by atoms with Crippen LogP contribution in [0.1, 0.15) is 56.7 Å². The van der Waals surface area contributed by atoms with Gasteiger partial charge in [-0.2, -0.15) is 10.2 Å². The van der Waals surface area contributed by atoms with Crippen molar-refractivity contribution in [3.8, 4) is 0 Å². The highest BCUT2D eigenvalue weighted by atomic mass is 16.5. The van der Waals surface area contributed by atoms with Gasteiger partial charge in [-0.25, -0.2) is 4.79 Å². The van der Waals surface area contributed by atoms with Gasteiger partial charge in [-0.1, -0.05) is 13.8 Å². The monoisotopic (exact) mass is 304 g/mol. The van der Waals surface area contributed by atoms with Crippen LogP contribution in [0, 0.1) is 0 Å².